The molecule has 29 heavy (non-hydrogen) atoms. The molecule has 0 spiro atoms. The Morgan fingerprint density at radius 3 is 2.86 bits per heavy atom. The molecule has 154 valence electrons. The van der Waals surface area contributed by atoms with Crippen LogP contribution in [0.2, 0.25) is 0 Å². The van der Waals surface area contributed by atoms with Crippen LogP contribution >= 0.6 is 11.3 Å². The Kier molecular flexibility index (Phi) is 5.26. The molecule has 2 unspecified atom stereocenters. The minimum absolute atomic E-state index is 0.0116. The first-order valence-electron chi connectivity index (χ1n) is 9.71. The van der Waals surface area contributed by atoms with Crippen LogP contribution in [0.1, 0.15) is 43.0 Å². The molecule has 8 nitrogen and oxygen atoms in total. The predicted octanol–water partition coefficient (Wildman–Crippen LogP) is 1.64. The number of nitrogens with one attached hydrogen (secondary N) is 2. The Morgan fingerprint density at radius 1 is 1.41 bits per heavy atom. The molecule has 1 saturated carbocycles. The second kappa shape index (κ2) is 7.72. The smallest absolute Gasteiger partial charge is 0.251 e. The van der Waals surface area contributed by atoms with E-state index >= 15 is 0 Å². The highest BCUT2D eigenvalue weighted by atomic mass is 32.1. The molecule has 2 aliphatic rings. The number of hydrogen-bond donors (Lipinski definition) is 3. The molecule has 4 rings (SSSR count). The van der Waals surface area contributed by atoms with E-state index in [9.17, 15) is 14.4 Å². The summed E-state index contributed by atoms with van der Waals surface area (Å²) in [6, 6.07) is 3.78. The minimum Gasteiger partial charge on any atom is -0.375 e. The van der Waals surface area contributed by atoms with Crippen LogP contribution < -0.4 is 16.4 Å². The van der Waals surface area contributed by atoms with E-state index in [1.54, 1.807) is 18.2 Å². The van der Waals surface area contributed by atoms with Gasteiger partial charge in [0.2, 0.25) is 5.91 Å². The zero-order chi connectivity index (χ0) is 20.6. The number of Topliss-reactive ketones (excluding diaryl/α,β-unsaturated/α-hetero) is 1. The number of carbonyl (C=O) groups is 3. The third-order valence-corrected chi connectivity index (χ3v) is 6.63. The Balaban J connectivity index is 1.50. The summed E-state index contributed by atoms with van der Waals surface area (Å²) in [5, 5.41) is 6.05. The number of ether oxygens (including phenoxy) is 1. The van der Waals surface area contributed by atoms with Crippen molar-refractivity contribution in [3.8, 4) is 0 Å². The van der Waals surface area contributed by atoms with E-state index in [4.69, 9.17) is 10.5 Å². The van der Waals surface area contributed by atoms with Gasteiger partial charge in [-0.05, 0) is 42.9 Å². The fourth-order valence-electron chi connectivity index (χ4n) is 3.88. The highest BCUT2D eigenvalue weighted by Crippen LogP contribution is 2.44. The summed E-state index contributed by atoms with van der Waals surface area (Å²) in [4.78, 5) is 41.8. The van der Waals surface area contributed by atoms with Crippen molar-refractivity contribution in [2.24, 2.45) is 5.41 Å². The molecule has 1 aliphatic heterocycles. The van der Waals surface area contributed by atoms with Gasteiger partial charge in [0, 0.05) is 5.56 Å². The number of carbonyl (C=O) groups excluding carboxylic acids is 3. The number of nitrogens with zero attached hydrogens (tertiary/aromatic N) is 1. The maximum absolute atomic E-state index is 12.9. The number of nitrogen functional groups attached to an aromatic ring is 1. The lowest BCUT2D eigenvalue weighted by atomic mass is 9.67. The van der Waals surface area contributed by atoms with Crippen molar-refractivity contribution in [2.45, 2.75) is 44.7 Å². The average Bonchev–Trinajstić information content (AvgIpc) is 3.23. The van der Waals surface area contributed by atoms with Crippen molar-refractivity contribution in [1.82, 2.24) is 15.6 Å². The van der Waals surface area contributed by atoms with Gasteiger partial charge in [-0.1, -0.05) is 24.7 Å². The molecule has 4 N–H and O–H groups in total. The van der Waals surface area contributed by atoms with Crippen LogP contribution in [0.15, 0.2) is 18.2 Å². The zero-order valence-electron chi connectivity index (χ0n) is 16.2. The van der Waals surface area contributed by atoms with Gasteiger partial charge >= 0.3 is 0 Å². The van der Waals surface area contributed by atoms with Crippen molar-refractivity contribution < 1.29 is 19.1 Å². The second-order valence-electron chi connectivity index (χ2n) is 8.17. The first kappa shape index (κ1) is 19.8. The van der Waals surface area contributed by atoms with Crippen molar-refractivity contribution in [1.29, 1.82) is 0 Å². The fraction of sp³-hybridized carbons (Fsp3) is 0.500. The van der Waals surface area contributed by atoms with Crippen molar-refractivity contribution >= 4 is 44.3 Å². The Morgan fingerprint density at radius 2 is 2.21 bits per heavy atom. The van der Waals surface area contributed by atoms with Crippen molar-refractivity contribution in [2.75, 3.05) is 18.9 Å². The number of amides is 2. The molecular formula is C20H24N4O4S. The molecule has 0 bridgehead atoms. The van der Waals surface area contributed by atoms with Gasteiger partial charge in [0.1, 0.15) is 18.7 Å². The lowest BCUT2D eigenvalue weighted by Crippen LogP contribution is -2.53. The molecule has 9 heteroatoms. The highest BCUT2D eigenvalue weighted by Gasteiger charge is 2.38. The number of anilines is 1. The summed E-state index contributed by atoms with van der Waals surface area (Å²) < 4.78 is 5.93. The van der Waals surface area contributed by atoms with Crippen LogP contribution in [-0.2, 0) is 14.3 Å². The van der Waals surface area contributed by atoms with Crippen LogP contribution in [0.5, 0.6) is 0 Å². The first-order valence-corrected chi connectivity index (χ1v) is 10.5. The molecule has 1 aliphatic carbocycles. The summed E-state index contributed by atoms with van der Waals surface area (Å²) in [5.74, 6) is -0.833. The summed E-state index contributed by atoms with van der Waals surface area (Å²) in [5.41, 5.74) is 6.93. The number of rotatable bonds is 6. The van der Waals surface area contributed by atoms with E-state index in [-0.39, 0.29) is 36.2 Å². The van der Waals surface area contributed by atoms with Crippen LogP contribution in [0.25, 0.3) is 10.2 Å². The van der Waals surface area contributed by atoms with Crippen LogP contribution in [0.3, 0.4) is 0 Å². The lowest BCUT2D eigenvalue weighted by Gasteiger charge is -2.40. The van der Waals surface area contributed by atoms with E-state index in [2.05, 4.69) is 22.5 Å². The van der Waals surface area contributed by atoms with E-state index in [1.165, 1.54) is 11.3 Å². The zero-order valence-corrected chi connectivity index (χ0v) is 17.0. The van der Waals surface area contributed by atoms with Gasteiger partial charge in [-0.3, -0.25) is 14.4 Å². The first-order chi connectivity index (χ1) is 13.8. The summed E-state index contributed by atoms with van der Waals surface area (Å²) >= 11 is 1.31. The predicted molar refractivity (Wildman–Crippen MR) is 110 cm³/mol. The normalized spacial score (nSPS) is 21.6. The molecule has 1 saturated heterocycles. The molecule has 0 radical (unpaired) electrons. The van der Waals surface area contributed by atoms with Crippen molar-refractivity contribution in [3.05, 3.63) is 23.8 Å². The van der Waals surface area contributed by atoms with Gasteiger partial charge in [0.15, 0.2) is 10.9 Å². The van der Waals surface area contributed by atoms with Crippen molar-refractivity contribution in [3.63, 3.8) is 0 Å². The van der Waals surface area contributed by atoms with Gasteiger partial charge in [-0.15, -0.1) is 0 Å². The molecular weight excluding hydrogens is 392 g/mol. The van der Waals surface area contributed by atoms with E-state index < -0.39 is 12.1 Å². The number of thiazole rings is 1. The van der Waals surface area contributed by atoms with Gasteiger partial charge in [-0.2, -0.15) is 0 Å². The molecule has 1 aromatic heterocycles. The SMILES string of the molecule is CC1(CC(NC(=O)c2ccc3nc(N)sc3c2)C(=O)NC2COCC2=O)CCC1. The Bertz CT molecular complexity index is 969. The van der Waals surface area contributed by atoms with E-state index in [1.807, 2.05) is 0 Å². The van der Waals surface area contributed by atoms with Crippen LogP contribution in [0, 0.1) is 5.41 Å². The van der Waals surface area contributed by atoms with Gasteiger partial charge in [0.25, 0.3) is 5.91 Å². The lowest BCUT2D eigenvalue weighted by molar-refractivity contribution is -0.128. The molecule has 2 atom stereocenters. The summed E-state index contributed by atoms with van der Waals surface area (Å²) in [7, 11) is 0. The fourth-order valence-corrected chi connectivity index (χ4v) is 4.65. The number of benzene rings is 1. The largest absolute Gasteiger partial charge is 0.375 e. The molecule has 2 amide bonds. The highest BCUT2D eigenvalue weighted by molar-refractivity contribution is 7.22. The van der Waals surface area contributed by atoms with Crippen LogP contribution in [-0.4, -0.2) is 47.9 Å². The van der Waals surface area contributed by atoms with E-state index in [0.29, 0.717) is 17.1 Å². The minimum atomic E-state index is -0.719. The standard InChI is InChI=1S/C20H24N4O4S/c1-20(5-2-6-20)8-13(18(27)23-14-9-28-10-15(14)25)22-17(26)11-3-4-12-16(7-11)29-19(21)24-12/h3-4,7,13-14H,2,5-6,8-10H2,1H3,(H2,21,24)(H,22,26)(H,23,27). The number of ketones is 1. The average molecular weight is 417 g/mol. The van der Waals surface area contributed by atoms with Gasteiger partial charge in [-0.25, -0.2) is 4.98 Å². The quantitative estimate of drug-likeness (QED) is 0.658. The van der Waals surface area contributed by atoms with Gasteiger partial charge in [0.05, 0.1) is 16.8 Å². The molecule has 1 aromatic carbocycles. The maximum atomic E-state index is 12.9. The molecule has 2 heterocycles. The second-order valence-corrected chi connectivity index (χ2v) is 9.23. The van der Waals surface area contributed by atoms with Gasteiger partial charge < -0.3 is 21.1 Å². The maximum Gasteiger partial charge on any atom is 0.251 e. The molecule has 2 aromatic rings. The number of aromatic nitrogens is 1. The van der Waals surface area contributed by atoms with E-state index in [0.717, 1.165) is 29.5 Å². The number of nitrogens with two attached hydrogens (primary N) is 1. The Labute approximate surface area is 172 Å². The third kappa shape index (κ3) is 4.25. The monoisotopic (exact) mass is 416 g/mol. The Hall–Kier alpha value is -2.52. The van der Waals surface area contributed by atoms with Crippen LogP contribution in [0.4, 0.5) is 5.13 Å². The third-order valence-electron chi connectivity index (χ3n) is 5.78. The topological polar surface area (TPSA) is 123 Å². The number of hydrogen-bond acceptors (Lipinski definition) is 7. The molecule has 2 fully saturated rings. The summed E-state index contributed by atoms with van der Waals surface area (Å²) in [6.45, 7) is 2.31. The number of fused-ring (bicyclic) bond motifs is 1. The summed E-state index contributed by atoms with van der Waals surface area (Å²) in [6.07, 6.45) is 3.69.